The predicted molar refractivity (Wildman–Crippen MR) is 95.5 cm³/mol. The maximum Gasteiger partial charge on any atom is 0.407 e. The Morgan fingerprint density at radius 1 is 1.25 bits per heavy atom. The first-order valence-electron chi connectivity index (χ1n) is 7.99. The summed E-state index contributed by atoms with van der Waals surface area (Å²) in [6.45, 7) is 1.47. The fourth-order valence-corrected chi connectivity index (χ4v) is 3.59. The van der Waals surface area contributed by atoms with Crippen molar-refractivity contribution in [2.75, 3.05) is 20.2 Å². The number of rotatable bonds is 4. The van der Waals surface area contributed by atoms with Crippen molar-refractivity contribution >= 4 is 17.7 Å². The summed E-state index contributed by atoms with van der Waals surface area (Å²) in [5, 5.41) is 7.23. The van der Waals surface area contributed by atoms with Gasteiger partial charge in [0.2, 0.25) is 0 Å². The lowest BCUT2D eigenvalue weighted by atomic mass is 9.77. The number of carbonyl (C=O) groups is 1. The third-order valence-corrected chi connectivity index (χ3v) is 4.88. The van der Waals surface area contributed by atoms with Gasteiger partial charge < -0.3 is 15.4 Å². The van der Waals surface area contributed by atoms with Gasteiger partial charge in [0, 0.05) is 24.0 Å². The molecule has 2 aromatic carbocycles. The number of ether oxygens (including phenoxy) is 1. The number of methoxy groups -OCH3 is 1. The van der Waals surface area contributed by atoms with Gasteiger partial charge in [0.25, 0.3) is 0 Å². The van der Waals surface area contributed by atoms with Crippen LogP contribution in [-0.2, 0) is 11.2 Å². The van der Waals surface area contributed by atoms with Gasteiger partial charge in [0.1, 0.15) is 0 Å². The van der Waals surface area contributed by atoms with E-state index in [1.165, 1.54) is 12.7 Å². The normalized spacial score (nSPS) is 23.0. The van der Waals surface area contributed by atoms with Crippen LogP contribution in [0.5, 0.6) is 0 Å². The molecule has 126 valence electrons. The Hall–Kier alpha value is -2.04. The van der Waals surface area contributed by atoms with Crippen LogP contribution >= 0.6 is 11.6 Å². The molecular weight excluding hydrogens is 324 g/mol. The molecule has 0 unspecified atom stereocenters. The quantitative estimate of drug-likeness (QED) is 0.894. The Balaban J connectivity index is 1.95. The first kappa shape index (κ1) is 16.8. The zero-order chi connectivity index (χ0) is 17.0. The Labute approximate surface area is 147 Å². The van der Waals surface area contributed by atoms with Crippen LogP contribution in [0.2, 0.25) is 5.02 Å². The average Bonchev–Trinajstić information content (AvgIpc) is 2.99. The Kier molecular flexibility index (Phi) is 5.07. The maximum atomic E-state index is 12.0. The largest absolute Gasteiger partial charge is 0.453 e. The van der Waals surface area contributed by atoms with Crippen molar-refractivity contribution in [2.45, 2.75) is 17.9 Å². The number of carbonyl (C=O) groups excluding carboxylic acids is 1. The summed E-state index contributed by atoms with van der Waals surface area (Å²) in [6, 6.07) is 18.0. The minimum atomic E-state index is -0.442. The van der Waals surface area contributed by atoms with Crippen molar-refractivity contribution in [2.24, 2.45) is 0 Å². The summed E-state index contributed by atoms with van der Waals surface area (Å²) >= 11 is 6.02. The van der Waals surface area contributed by atoms with Crippen LogP contribution in [0.15, 0.2) is 54.6 Å². The van der Waals surface area contributed by atoms with Gasteiger partial charge in [-0.15, -0.1) is 0 Å². The average molecular weight is 345 g/mol. The van der Waals surface area contributed by atoms with Crippen molar-refractivity contribution in [3.05, 3.63) is 70.7 Å². The van der Waals surface area contributed by atoms with Crippen molar-refractivity contribution in [1.29, 1.82) is 0 Å². The summed E-state index contributed by atoms with van der Waals surface area (Å²) in [5.74, 6) is 0.133. The molecule has 5 heteroatoms. The molecule has 2 aromatic rings. The van der Waals surface area contributed by atoms with Gasteiger partial charge in [-0.2, -0.15) is 0 Å². The molecule has 0 aliphatic carbocycles. The Morgan fingerprint density at radius 3 is 2.62 bits per heavy atom. The van der Waals surface area contributed by atoms with Gasteiger partial charge in [-0.25, -0.2) is 4.79 Å². The first-order valence-corrected chi connectivity index (χ1v) is 8.37. The van der Waals surface area contributed by atoms with Crippen molar-refractivity contribution in [3.63, 3.8) is 0 Å². The summed E-state index contributed by atoms with van der Waals surface area (Å²) in [4.78, 5) is 12.0. The molecule has 0 spiro atoms. The third kappa shape index (κ3) is 3.55. The van der Waals surface area contributed by atoms with Crippen LogP contribution in [0.4, 0.5) is 4.79 Å². The fraction of sp³-hybridized carbons (Fsp3) is 0.316. The minimum absolute atomic E-state index is 0.133. The van der Waals surface area contributed by atoms with E-state index in [2.05, 4.69) is 22.8 Å². The van der Waals surface area contributed by atoms with E-state index in [0.29, 0.717) is 11.6 Å². The zero-order valence-electron chi connectivity index (χ0n) is 13.6. The van der Waals surface area contributed by atoms with Crippen LogP contribution in [0.25, 0.3) is 0 Å². The standard InChI is InChI=1S/C19H21ClN2O2/c1-24-18(23)22-19(11-14-5-3-2-4-6-14)13-21-12-17(19)15-7-9-16(20)10-8-15/h2-10,17,21H,11-13H2,1H3,(H,22,23)/t17-,19+/m0/s1. The van der Waals surface area contributed by atoms with E-state index in [0.717, 1.165) is 18.5 Å². The molecule has 0 aromatic heterocycles. The van der Waals surface area contributed by atoms with Crippen molar-refractivity contribution in [3.8, 4) is 0 Å². The SMILES string of the molecule is COC(=O)N[C@]1(Cc2ccccc2)CNC[C@H]1c1ccc(Cl)cc1. The van der Waals surface area contributed by atoms with Gasteiger partial charge in [-0.05, 0) is 29.7 Å². The molecule has 1 aliphatic rings. The van der Waals surface area contributed by atoms with Gasteiger partial charge in [-0.3, -0.25) is 0 Å². The molecule has 24 heavy (non-hydrogen) atoms. The van der Waals surface area contributed by atoms with Crippen molar-refractivity contribution in [1.82, 2.24) is 10.6 Å². The first-order chi connectivity index (χ1) is 11.6. The highest BCUT2D eigenvalue weighted by atomic mass is 35.5. The molecule has 3 rings (SSSR count). The van der Waals surface area contributed by atoms with Gasteiger partial charge in [0.15, 0.2) is 0 Å². The van der Waals surface area contributed by atoms with Gasteiger partial charge in [-0.1, -0.05) is 54.1 Å². The molecular formula is C19H21ClN2O2. The van der Waals surface area contributed by atoms with E-state index in [4.69, 9.17) is 16.3 Å². The molecule has 0 radical (unpaired) electrons. The number of hydrogen-bond donors (Lipinski definition) is 2. The van der Waals surface area contributed by atoms with E-state index >= 15 is 0 Å². The van der Waals surface area contributed by atoms with E-state index in [1.807, 2.05) is 42.5 Å². The van der Waals surface area contributed by atoms with Crippen LogP contribution in [0, 0.1) is 0 Å². The molecule has 1 amide bonds. The molecule has 1 aliphatic heterocycles. The number of nitrogens with one attached hydrogen (secondary N) is 2. The molecule has 4 nitrogen and oxygen atoms in total. The molecule has 0 saturated carbocycles. The number of benzene rings is 2. The van der Waals surface area contributed by atoms with Crippen LogP contribution in [-0.4, -0.2) is 31.8 Å². The Morgan fingerprint density at radius 2 is 1.96 bits per heavy atom. The van der Waals surface area contributed by atoms with Gasteiger partial charge in [0.05, 0.1) is 12.6 Å². The molecule has 2 N–H and O–H groups in total. The van der Waals surface area contributed by atoms with Gasteiger partial charge >= 0.3 is 6.09 Å². The smallest absolute Gasteiger partial charge is 0.407 e. The van der Waals surface area contributed by atoms with Crippen LogP contribution in [0.1, 0.15) is 17.0 Å². The highest BCUT2D eigenvalue weighted by Crippen LogP contribution is 2.35. The molecule has 1 heterocycles. The fourth-order valence-electron chi connectivity index (χ4n) is 3.47. The number of alkyl carbamates (subject to hydrolysis) is 1. The summed E-state index contributed by atoms with van der Waals surface area (Å²) in [5.41, 5.74) is 1.88. The summed E-state index contributed by atoms with van der Waals surface area (Å²) in [7, 11) is 1.39. The highest BCUT2D eigenvalue weighted by molar-refractivity contribution is 6.30. The van der Waals surface area contributed by atoms with E-state index in [9.17, 15) is 4.79 Å². The molecule has 0 bridgehead atoms. The lowest BCUT2D eigenvalue weighted by Gasteiger charge is -2.35. The predicted octanol–water partition coefficient (Wildman–Crippen LogP) is 3.36. The maximum absolute atomic E-state index is 12.0. The second-order valence-corrected chi connectivity index (χ2v) is 6.61. The van der Waals surface area contributed by atoms with E-state index < -0.39 is 11.6 Å². The lowest BCUT2D eigenvalue weighted by Crippen LogP contribution is -2.55. The molecule has 2 atom stereocenters. The summed E-state index contributed by atoms with van der Waals surface area (Å²) in [6.07, 6.45) is 0.317. The zero-order valence-corrected chi connectivity index (χ0v) is 14.3. The third-order valence-electron chi connectivity index (χ3n) is 4.63. The number of halogens is 1. The number of amides is 1. The second kappa shape index (κ2) is 7.24. The second-order valence-electron chi connectivity index (χ2n) is 6.17. The van der Waals surface area contributed by atoms with Crippen LogP contribution < -0.4 is 10.6 Å². The molecule has 1 fully saturated rings. The van der Waals surface area contributed by atoms with Crippen LogP contribution in [0.3, 0.4) is 0 Å². The lowest BCUT2D eigenvalue weighted by molar-refractivity contribution is 0.154. The summed E-state index contributed by atoms with van der Waals surface area (Å²) < 4.78 is 4.88. The Bertz CT molecular complexity index is 690. The number of hydrogen-bond acceptors (Lipinski definition) is 3. The van der Waals surface area contributed by atoms with Crippen molar-refractivity contribution < 1.29 is 9.53 Å². The monoisotopic (exact) mass is 344 g/mol. The minimum Gasteiger partial charge on any atom is -0.453 e. The van der Waals surface area contributed by atoms with E-state index in [1.54, 1.807) is 0 Å². The highest BCUT2D eigenvalue weighted by Gasteiger charge is 2.45. The van der Waals surface area contributed by atoms with E-state index in [-0.39, 0.29) is 5.92 Å². The topological polar surface area (TPSA) is 50.4 Å². The molecule has 1 saturated heterocycles.